The van der Waals surface area contributed by atoms with Crippen molar-refractivity contribution in [3.63, 3.8) is 0 Å². The number of anilines is 1. The largest absolute Gasteiger partial charge is 0.388 e. The molecule has 0 unspecified atom stereocenters. The van der Waals surface area contributed by atoms with Gasteiger partial charge in [0.05, 0.1) is 12.5 Å². The van der Waals surface area contributed by atoms with Gasteiger partial charge in [0.25, 0.3) is 5.91 Å². The molecular weight excluding hydrogens is 441 g/mol. The predicted molar refractivity (Wildman–Crippen MR) is 124 cm³/mol. The van der Waals surface area contributed by atoms with E-state index in [4.69, 9.17) is 4.74 Å². The van der Waals surface area contributed by atoms with E-state index in [-0.39, 0.29) is 30.6 Å². The SMILES string of the molecule is Cc1ccc(C(=O)NC[C@@H]2O[C@@H](CC(=O)N3CCN(c4ccc(F)cc4)CC3)[C@H](O)[C@@H]2O)cc1. The van der Waals surface area contributed by atoms with Crippen LogP contribution in [-0.2, 0) is 9.53 Å². The van der Waals surface area contributed by atoms with Crippen LogP contribution in [0.1, 0.15) is 22.3 Å². The monoisotopic (exact) mass is 471 g/mol. The third-order valence-corrected chi connectivity index (χ3v) is 6.44. The lowest BCUT2D eigenvalue weighted by molar-refractivity contribution is -0.135. The zero-order valence-corrected chi connectivity index (χ0v) is 19.1. The molecule has 3 N–H and O–H groups in total. The zero-order valence-electron chi connectivity index (χ0n) is 19.1. The molecule has 0 saturated carbocycles. The van der Waals surface area contributed by atoms with Crippen LogP contribution < -0.4 is 10.2 Å². The van der Waals surface area contributed by atoms with Crippen LogP contribution in [0.4, 0.5) is 10.1 Å². The summed E-state index contributed by atoms with van der Waals surface area (Å²) in [6.07, 6.45) is -4.13. The Balaban J connectivity index is 1.25. The molecule has 34 heavy (non-hydrogen) atoms. The van der Waals surface area contributed by atoms with E-state index in [1.165, 1.54) is 12.1 Å². The number of aryl methyl sites for hydroxylation is 1. The topological polar surface area (TPSA) is 102 Å². The summed E-state index contributed by atoms with van der Waals surface area (Å²) in [6, 6.07) is 13.4. The molecule has 2 aromatic rings. The maximum absolute atomic E-state index is 13.1. The molecule has 0 bridgehead atoms. The average molecular weight is 472 g/mol. The Hall–Kier alpha value is -3.01. The van der Waals surface area contributed by atoms with Gasteiger partial charge in [-0.3, -0.25) is 9.59 Å². The summed E-state index contributed by atoms with van der Waals surface area (Å²) in [5, 5.41) is 23.5. The number of nitrogens with one attached hydrogen (secondary N) is 1. The number of ether oxygens (including phenoxy) is 1. The van der Waals surface area contributed by atoms with Crippen molar-refractivity contribution in [2.45, 2.75) is 37.8 Å². The van der Waals surface area contributed by atoms with E-state index in [0.29, 0.717) is 31.7 Å². The van der Waals surface area contributed by atoms with E-state index < -0.39 is 24.4 Å². The Bertz CT molecular complexity index is 993. The van der Waals surface area contributed by atoms with E-state index in [2.05, 4.69) is 10.2 Å². The van der Waals surface area contributed by atoms with Crippen LogP contribution in [0.3, 0.4) is 0 Å². The van der Waals surface area contributed by atoms with Gasteiger partial charge >= 0.3 is 0 Å². The Kier molecular flexibility index (Phi) is 7.45. The fraction of sp³-hybridized carbons (Fsp3) is 0.440. The summed E-state index contributed by atoms with van der Waals surface area (Å²) in [6.45, 7) is 4.17. The highest BCUT2D eigenvalue weighted by Crippen LogP contribution is 2.25. The zero-order chi connectivity index (χ0) is 24.2. The van der Waals surface area contributed by atoms with Crippen molar-refractivity contribution in [3.8, 4) is 0 Å². The number of piperazine rings is 1. The maximum atomic E-state index is 13.1. The molecule has 2 fully saturated rings. The fourth-order valence-corrected chi connectivity index (χ4v) is 4.33. The van der Waals surface area contributed by atoms with E-state index in [1.54, 1.807) is 29.2 Å². The van der Waals surface area contributed by atoms with Crippen molar-refractivity contribution in [2.75, 3.05) is 37.6 Å². The van der Waals surface area contributed by atoms with Gasteiger partial charge in [0.15, 0.2) is 0 Å². The standard InChI is InChI=1S/C25H30FN3O5/c1-16-2-4-17(5-3-16)25(33)27-15-21-24(32)23(31)20(34-21)14-22(30)29-12-10-28(11-13-29)19-8-6-18(26)7-9-19/h2-9,20-21,23-24,31-32H,10-15H2,1H3,(H,27,33)/t20-,21-,23-,24+/m0/s1. The average Bonchev–Trinajstić information content (AvgIpc) is 3.11. The molecule has 0 aliphatic carbocycles. The molecule has 0 radical (unpaired) electrons. The van der Waals surface area contributed by atoms with Crippen molar-refractivity contribution in [2.24, 2.45) is 0 Å². The molecule has 4 rings (SSSR count). The number of nitrogens with zero attached hydrogens (tertiary/aromatic N) is 2. The molecule has 0 spiro atoms. The highest BCUT2D eigenvalue weighted by atomic mass is 19.1. The van der Waals surface area contributed by atoms with E-state index in [9.17, 15) is 24.2 Å². The third-order valence-electron chi connectivity index (χ3n) is 6.44. The van der Waals surface area contributed by atoms with Crippen molar-refractivity contribution in [1.82, 2.24) is 10.2 Å². The Morgan fingerprint density at radius 1 is 0.971 bits per heavy atom. The highest BCUT2D eigenvalue weighted by Gasteiger charge is 2.44. The van der Waals surface area contributed by atoms with Crippen molar-refractivity contribution >= 4 is 17.5 Å². The number of aliphatic hydroxyl groups is 2. The van der Waals surface area contributed by atoms with Gasteiger partial charge in [-0.1, -0.05) is 17.7 Å². The lowest BCUT2D eigenvalue weighted by Crippen LogP contribution is -2.49. The molecule has 2 amide bonds. The smallest absolute Gasteiger partial charge is 0.251 e. The lowest BCUT2D eigenvalue weighted by atomic mass is 10.0. The first-order valence-electron chi connectivity index (χ1n) is 11.5. The minimum atomic E-state index is -1.22. The van der Waals surface area contributed by atoms with Gasteiger partial charge in [0.1, 0.15) is 24.1 Å². The number of amides is 2. The number of carbonyl (C=O) groups excluding carboxylic acids is 2. The van der Waals surface area contributed by atoms with Crippen molar-refractivity contribution in [3.05, 3.63) is 65.5 Å². The molecule has 2 saturated heterocycles. The molecule has 9 heteroatoms. The van der Waals surface area contributed by atoms with Gasteiger partial charge in [0, 0.05) is 44.0 Å². The summed E-state index contributed by atoms with van der Waals surface area (Å²) < 4.78 is 18.9. The molecule has 8 nitrogen and oxygen atoms in total. The molecular formula is C25H30FN3O5. The number of hydrogen-bond acceptors (Lipinski definition) is 6. The molecule has 2 aliphatic heterocycles. The third kappa shape index (κ3) is 5.55. The predicted octanol–water partition coefficient (Wildman–Crippen LogP) is 1.09. The van der Waals surface area contributed by atoms with Gasteiger partial charge in [-0.2, -0.15) is 0 Å². The van der Waals surface area contributed by atoms with Crippen LogP contribution in [0.25, 0.3) is 0 Å². The molecule has 2 aliphatic rings. The molecule has 2 aromatic carbocycles. The first-order valence-corrected chi connectivity index (χ1v) is 11.5. The Morgan fingerprint density at radius 3 is 2.24 bits per heavy atom. The van der Waals surface area contributed by atoms with Crippen LogP contribution in [0.15, 0.2) is 48.5 Å². The van der Waals surface area contributed by atoms with Gasteiger partial charge in [0.2, 0.25) is 5.91 Å². The first kappa shape index (κ1) is 24.1. The number of carbonyl (C=O) groups is 2. The quantitative estimate of drug-likeness (QED) is 0.583. The van der Waals surface area contributed by atoms with E-state index >= 15 is 0 Å². The molecule has 4 atom stereocenters. The second-order valence-electron chi connectivity index (χ2n) is 8.82. The van der Waals surface area contributed by atoms with E-state index in [0.717, 1.165) is 11.3 Å². The second-order valence-corrected chi connectivity index (χ2v) is 8.82. The maximum Gasteiger partial charge on any atom is 0.251 e. The summed E-state index contributed by atoms with van der Waals surface area (Å²) in [4.78, 5) is 28.9. The normalized spacial score (nSPS) is 24.8. The Labute approximate surface area is 197 Å². The van der Waals surface area contributed by atoms with Crippen molar-refractivity contribution in [1.29, 1.82) is 0 Å². The summed E-state index contributed by atoms with van der Waals surface area (Å²) in [5.41, 5.74) is 2.44. The molecule has 0 aromatic heterocycles. The Morgan fingerprint density at radius 2 is 1.59 bits per heavy atom. The fourth-order valence-electron chi connectivity index (χ4n) is 4.33. The van der Waals surface area contributed by atoms with Gasteiger partial charge in [-0.25, -0.2) is 4.39 Å². The highest BCUT2D eigenvalue weighted by molar-refractivity contribution is 5.94. The van der Waals surface area contributed by atoms with Gasteiger partial charge in [-0.05, 0) is 43.3 Å². The van der Waals surface area contributed by atoms with E-state index in [1.807, 2.05) is 19.1 Å². The number of halogens is 1. The number of benzene rings is 2. The minimum Gasteiger partial charge on any atom is -0.388 e. The van der Waals surface area contributed by atoms with Gasteiger partial charge in [-0.15, -0.1) is 0 Å². The second kappa shape index (κ2) is 10.5. The number of aliphatic hydroxyl groups excluding tert-OH is 2. The van der Waals surface area contributed by atoms with Crippen LogP contribution in [0, 0.1) is 12.7 Å². The molecule has 182 valence electrons. The summed E-state index contributed by atoms with van der Waals surface area (Å²) >= 11 is 0. The van der Waals surface area contributed by atoms with Gasteiger partial charge < -0.3 is 30.1 Å². The van der Waals surface area contributed by atoms with Crippen LogP contribution in [0.2, 0.25) is 0 Å². The minimum absolute atomic E-state index is 0.0198. The van der Waals surface area contributed by atoms with Crippen LogP contribution >= 0.6 is 0 Å². The first-order chi connectivity index (χ1) is 16.3. The lowest BCUT2D eigenvalue weighted by Gasteiger charge is -2.36. The summed E-state index contributed by atoms with van der Waals surface area (Å²) in [7, 11) is 0. The molecule has 2 heterocycles. The van der Waals surface area contributed by atoms with Crippen molar-refractivity contribution < 1.29 is 28.9 Å². The van der Waals surface area contributed by atoms with Crippen LogP contribution in [0.5, 0.6) is 0 Å². The van der Waals surface area contributed by atoms with Crippen LogP contribution in [-0.4, -0.2) is 84.1 Å². The summed E-state index contributed by atoms with van der Waals surface area (Å²) in [5.74, 6) is -0.758. The number of rotatable bonds is 6. The number of hydrogen-bond donors (Lipinski definition) is 3.